The van der Waals surface area contributed by atoms with Crippen molar-refractivity contribution in [2.45, 2.75) is 104 Å². The van der Waals surface area contributed by atoms with Gasteiger partial charge in [0.25, 0.3) is 0 Å². The number of ether oxygens (including phenoxy) is 1. The Labute approximate surface area is 262 Å². The number of anilines is 1. The summed E-state index contributed by atoms with van der Waals surface area (Å²) in [5.74, 6) is 0.454. The zero-order valence-corrected chi connectivity index (χ0v) is 27.2. The summed E-state index contributed by atoms with van der Waals surface area (Å²) >= 11 is 0. The predicted molar refractivity (Wildman–Crippen MR) is 173 cm³/mol. The molecular formula is C35H52F3N2O4. The number of alkyl halides is 3. The van der Waals surface area contributed by atoms with Crippen molar-refractivity contribution >= 4 is 25.4 Å². The largest absolute Gasteiger partial charge is 0.444 e. The van der Waals surface area contributed by atoms with Crippen molar-refractivity contribution in [2.24, 2.45) is 5.92 Å². The van der Waals surface area contributed by atoms with Crippen LogP contribution >= 0.6 is 0 Å². The number of amides is 1. The van der Waals surface area contributed by atoms with Crippen LogP contribution in [0.5, 0.6) is 0 Å². The smallest absolute Gasteiger partial charge is 0.410 e. The van der Waals surface area contributed by atoms with Gasteiger partial charge >= 0.3 is 12.3 Å². The second-order valence-corrected chi connectivity index (χ2v) is 11.8. The van der Waals surface area contributed by atoms with Crippen molar-refractivity contribution < 1.29 is 32.3 Å². The van der Waals surface area contributed by atoms with E-state index in [9.17, 15) is 18.0 Å². The van der Waals surface area contributed by atoms with Gasteiger partial charge in [-0.05, 0) is 108 Å². The summed E-state index contributed by atoms with van der Waals surface area (Å²) in [6, 6.07) is 6.89. The van der Waals surface area contributed by atoms with Crippen molar-refractivity contribution in [2.75, 3.05) is 18.4 Å². The van der Waals surface area contributed by atoms with E-state index in [0.717, 1.165) is 56.2 Å². The minimum atomic E-state index is -4.19. The van der Waals surface area contributed by atoms with Crippen molar-refractivity contribution in [3.8, 4) is 0 Å². The highest BCUT2D eigenvalue weighted by molar-refractivity contribution is 5.68. The fraction of sp³-hybridized carbons (Fsp3) is 0.543. The van der Waals surface area contributed by atoms with E-state index in [4.69, 9.17) is 14.3 Å². The van der Waals surface area contributed by atoms with E-state index < -0.39 is 18.2 Å². The molecule has 0 bridgehead atoms. The number of carbonyl (C=O) groups excluding carboxylic acids is 3. The van der Waals surface area contributed by atoms with Crippen molar-refractivity contribution in [1.82, 2.24) is 4.90 Å². The molecule has 0 spiro atoms. The molecule has 0 aliphatic heterocycles. The molecule has 1 aliphatic rings. The molecule has 1 N–H and O–H groups in total. The number of carbonyl (C=O) groups is 3. The number of rotatable bonds is 13. The van der Waals surface area contributed by atoms with E-state index in [1.54, 1.807) is 29.2 Å². The molecule has 1 aromatic rings. The summed E-state index contributed by atoms with van der Waals surface area (Å²) in [7, 11) is 0. The number of hydrogen-bond acceptors (Lipinski definition) is 5. The zero-order valence-electron chi connectivity index (χ0n) is 27.2. The first-order chi connectivity index (χ1) is 20.8. The predicted octanol–water partition coefficient (Wildman–Crippen LogP) is 9.08. The Bertz CT molecular complexity index is 1020. The first kappa shape index (κ1) is 40.6. The maximum Gasteiger partial charge on any atom is 0.410 e. The van der Waals surface area contributed by atoms with Crippen LogP contribution in [-0.4, -0.2) is 55.5 Å². The maximum atomic E-state index is 12.6. The lowest BCUT2D eigenvalue weighted by Crippen LogP contribution is -2.37. The standard InChI is InChI=1S/C33H48F3N2O2.2CH2O/c1-7-10-26(11-9-21-38(20-8-2)31(39)40-32(4,5)6)22-25(3)23-27-12-16-29(17-13-27)37-30-18-14-28(15-19-30)24-33(34,35)36;2*1-2/h7,10,14-15,18-19,22-23,27,29,37H,3,8-9,11-13,16-17,20-21,24H2,1-2,4-6H3;2*1H2/b10-7-,26-22+;;. The van der Waals surface area contributed by atoms with Crippen LogP contribution in [0.4, 0.5) is 23.7 Å². The second kappa shape index (κ2) is 21.4. The minimum Gasteiger partial charge on any atom is -0.444 e. The number of benzene rings is 1. The summed E-state index contributed by atoms with van der Waals surface area (Å²) in [5, 5.41) is 3.48. The lowest BCUT2D eigenvalue weighted by atomic mass is 9.82. The molecule has 0 unspecified atom stereocenters. The SMILES string of the molecule is C=C([CH]C1CCC(Nc2ccc(CC(F)(F)F)cc2)CC1)/C=C(\C=C/C)CCCN(CCC)C(=O)OC(C)(C)C.C=O.C=O. The fourth-order valence-corrected chi connectivity index (χ4v) is 4.99. The van der Waals surface area contributed by atoms with E-state index in [0.29, 0.717) is 25.0 Å². The summed E-state index contributed by atoms with van der Waals surface area (Å²) in [4.78, 5) is 30.3. The molecule has 1 radical (unpaired) electrons. The van der Waals surface area contributed by atoms with E-state index in [1.807, 2.05) is 47.3 Å². The quantitative estimate of drug-likeness (QED) is 0.222. The van der Waals surface area contributed by atoms with Gasteiger partial charge in [0.15, 0.2) is 0 Å². The molecule has 0 aromatic heterocycles. The second-order valence-electron chi connectivity index (χ2n) is 11.8. The van der Waals surface area contributed by atoms with E-state index >= 15 is 0 Å². The molecule has 1 fully saturated rings. The fourth-order valence-electron chi connectivity index (χ4n) is 4.99. The van der Waals surface area contributed by atoms with E-state index in [2.05, 4.69) is 37.4 Å². The highest BCUT2D eigenvalue weighted by atomic mass is 19.4. The van der Waals surface area contributed by atoms with E-state index in [-0.39, 0.29) is 11.7 Å². The van der Waals surface area contributed by atoms with Gasteiger partial charge in [-0.2, -0.15) is 13.2 Å². The van der Waals surface area contributed by atoms with Crippen LogP contribution in [0.15, 0.2) is 60.2 Å². The number of hydrogen-bond donors (Lipinski definition) is 1. The Hall–Kier alpha value is -3.36. The van der Waals surface area contributed by atoms with Gasteiger partial charge < -0.3 is 24.5 Å². The van der Waals surface area contributed by atoms with Crippen molar-refractivity contribution in [3.63, 3.8) is 0 Å². The first-order valence-corrected chi connectivity index (χ1v) is 15.1. The normalized spacial score (nSPS) is 17.0. The highest BCUT2D eigenvalue weighted by Crippen LogP contribution is 2.31. The molecule has 6 nitrogen and oxygen atoms in total. The van der Waals surface area contributed by atoms with Crippen LogP contribution in [0.1, 0.15) is 85.1 Å². The van der Waals surface area contributed by atoms with Gasteiger partial charge in [-0.15, -0.1) is 0 Å². The Morgan fingerprint density at radius 2 is 1.61 bits per heavy atom. The summed E-state index contributed by atoms with van der Waals surface area (Å²) in [5.41, 5.74) is 2.83. The molecule has 44 heavy (non-hydrogen) atoms. The number of nitrogens with zero attached hydrogens (tertiary/aromatic N) is 1. The minimum absolute atomic E-state index is 0.257. The Balaban J connectivity index is 0.00000443. The lowest BCUT2D eigenvalue weighted by molar-refractivity contribution is -0.127. The van der Waals surface area contributed by atoms with Gasteiger partial charge in [-0.1, -0.05) is 49.4 Å². The topological polar surface area (TPSA) is 75.7 Å². The van der Waals surface area contributed by atoms with Crippen LogP contribution in [0.2, 0.25) is 0 Å². The maximum absolute atomic E-state index is 12.6. The third-order valence-electron chi connectivity index (χ3n) is 6.74. The molecular weight excluding hydrogens is 569 g/mol. The monoisotopic (exact) mass is 621 g/mol. The van der Waals surface area contributed by atoms with Crippen molar-refractivity contribution in [1.29, 1.82) is 0 Å². The van der Waals surface area contributed by atoms with Gasteiger partial charge in [0.05, 0.1) is 6.42 Å². The van der Waals surface area contributed by atoms with E-state index in [1.165, 1.54) is 5.57 Å². The third-order valence-corrected chi connectivity index (χ3v) is 6.74. The molecule has 0 heterocycles. The summed E-state index contributed by atoms with van der Waals surface area (Å²) in [6.07, 6.45) is 9.86. The molecule has 2 rings (SSSR count). The molecule has 1 aromatic carbocycles. The highest BCUT2D eigenvalue weighted by Gasteiger charge is 2.27. The van der Waals surface area contributed by atoms with Gasteiger partial charge in [0.2, 0.25) is 0 Å². The van der Waals surface area contributed by atoms with Crippen molar-refractivity contribution in [3.05, 3.63) is 72.2 Å². The average molecular weight is 622 g/mol. The Morgan fingerprint density at radius 3 is 2.11 bits per heavy atom. The van der Waals surface area contributed by atoms with Crippen LogP contribution in [0, 0.1) is 12.3 Å². The molecule has 0 saturated heterocycles. The lowest BCUT2D eigenvalue weighted by Gasteiger charge is -2.30. The van der Waals surface area contributed by atoms with Gasteiger partial charge in [-0.25, -0.2) is 4.79 Å². The molecule has 1 aliphatic carbocycles. The van der Waals surface area contributed by atoms with Crippen LogP contribution in [0.25, 0.3) is 0 Å². The van der Waals surface area contributed by atoms with Crippen LogP contribution < -0.4 is 5.32 Å². The van der Waals surface area contributed by atoms with Crippen LogP contribution in [-0.2, 0) is 20.7 Å². The zero-order chi connectivity index (χ0) is 33.8. The Kier molecular flexibility index (Phi) is 19.7. The van der Waals surface area contributed by atoms with Gasteiger partial charge in [0.1, 0.15) is 19.2 Å². The summed E-state index contributed by atoms with van der Waals surface area (Å²) in [6.45, 7) is 19.3. The molecule has 0 atom stereocenters. The molecule has 1 saturated carbocycles. The average Bonchev–Trinajstić information content (AvgIpc) is 2.95. The third kappa shape index (κ3) is 18.3. The number of halogens is 3. The first-order valence-electron chi connectivity index (χ1n) is 15.1. The Morgan fingerprint density at radius 1 is 1.02 bits per heavy atom. The number of allylic oxidation sites excluding steroid dienone is 5. The molecule has 9 heteroatoms. The molecule has 1 amide bonds. The number of nitrogens with one attached hydrogen (secondary N) is 1. The van der Waals surface area contributed by atoms with Gasteiger partial charge in [0, 0.05) is 24.8 Å². The molecule has 247 valence electrons. The van der Waals surface area contributed by atoms with Crippen LogP contribution in [0.3, 0.4) is 0 Å². The van der Waals surface area contributed by atoms with Gasteiger partial charge in [-0.3, -0.25) is 0 Å². The summed E-state index contributed by atoms with van der Waals surface area (Å²) < 4.78 is 43.3.